The minimum Gasteiger partial charge on any atom is -0.379 e. The van der Waals surface area contributed by atoms with Crippen LogP contribution >= 0.6 is 0 Å². The predicted octanol–water partition coefficient (Wildman–Crippen LogP) is 4.96. The number of aromatic nitrogens is 1. The van der Waals surface area contributed by atoms with Crippen molar-refractivity contribution in [2.45, 2.75) is 50.2 Å². The number of carbonyl (C=O) groups is 1. The predicted molar refractivity (Wildman–Crippen MR) is 137 cm³/mol. The van der Waals surface area contributed by atoms with E-state index in [9.17, 15) is 22.4 Å². The molecule has 3 atom stereocenters. The van der Waals surface area contributed by atoms with Crippen LogP contribution in [0, 0.1) is 0 Å². The average Bonchev–Trinajstić information content (AvgIpc) is 3.35. The molecule has 3 heterocycles. The van der Waals surface area contributed by atoms with Gasteiger partial charge in [0.25, 0.3) is 0 Å². The third-order valence-corrected chi connectivity index (χ3v) is 6.75. The fraction of sp³-hybridized carbons (Fsp3) is 0.481. The zero-order chi connectivity index (χ0) is 26.6. The summed E-state index contributed by atoms with van der Waals surface area (Å²) in [5, 5.41) is 6.74. The van der Waals surface area contributed by atoms with E-state index in [0.717, 1.165) is 12.8 Å². The molecule has 37 heavy (non-hydrogen) atoms. The number of pyridine rings is 1. The molecule has 1 aromatic heterocycles. The maximum atomic E-state index is 14.7. The average molecular weight is 521 g/mol. The molecule has 10 heteroatoms. The number of amides is 1. The molecule has 1 aromatic carbocycles. The van der Waals surface area contributed by atoms with Gasteiger partial charge in [0.05, 0.1) is 35.5 Å². The van der Waals surface area contributed by atoms with Crippen molar-refractivity contribution in [3.05, 3.63) is 48.3 Å². The first kappa shape index (κ1) is 27.1. The largest absolute Gasteiger partial charge is 0.417 e. The minimum absolute atomic E-state index is 0.0681. The lowest BCUT2D eigenvalue weighted by Crippen LogP contribution is -2.46. The van der Waals surface area contributed by atoms with E-state index in [2.05, 4.69) is 22.2 Å². The van der Waals surface area contributed by atoms with Gasteiger partial charge in [0, 0.05) is 42.7 Å². The van der Waals surface area contributed by atoms with Crippen LogP contribution in [0.5, 0.6) is 0 Å². The third-order valence-electron chi connectivity index (χ3n) is 6.75. The van der Waals surface area contributed by atoms with E-state index in [1.807, 2.05) is 11.9 Å². The third kappa shape index (κ3) is 6.87. The number of anilines is 1. The molecule has 6 nitrogen and oxygen atoms in total. The molecule has 1 amide bonds. The molecule has 0 radical (unpaired) electrons. The van der Waals surface area contributed by atoms with Gasteiger partial charge in [-0.3, -0.25) is 4.79 Å². The van der Waals surface area contributed by atoms with E-state index < -0.39 is 24.0 Å². The van der Waals surface area contributed by atoms with Gasteiger partial charge in [-0.1, -0.05) is 24.8 Å². The Hall–Kier alpha value is -2.98. The van der Waals surface area contributed by atoms with Crippen LogP contribution in [0.1, 0.15) is 37.1 Å². The molecular weight excluding hydrogens is 488 g/mol. The maximum Gasteiger partial charge on any atom is 0.417 e. The van der Waals surface area contributed by atoms with Gasteiger partial charge < -0.3 is 20.3 Å². The molecule has 1 unspecified atom stereocenters. The van der Waals surface area contributed by atoms with Crippen LogP contribution in [0.2, 0.25) is 0 Å². The molecule has 0 saturated carbocycles. The lowest BCUT2D eigenvalue weighted by molar-refractivity contribution is -0.123. The highest BCUT2D eigenvalue weighted by Gasteiger charge is 2.35. The number of piperidine rings is 1. The summed E-state index contributed by atoms with van der Waals surface area (Å²) in [6.45, 7) is 5.11. The molecule has 2 saturated heterocycles. The molecule has 0 aliphatic carbocycles. The van der Waals surface area contributed by atoms with Gasteiger partial charge in [0.1, 0.15) is 6.17 Å². The van der Waals surface area contributed by atoms with Crippen LogP contribution in [-0.2, 0) is 9.53 Å². The van der Waals surface area contributed by atoms with Crippen LogP contribution in [0.25, 0.3) is 22.4 Å². The first-order chi connectivity index (χ1) is 17.6. The van der Waals surface area contributed by atoms with Crippen molar-refractivity contribution in [3.8, 4) is 0 Å². The molecule has 0 bridgehead atoms. The van der Waals surface area contributed by atoms with Gasteiger partial charge in [-0.25, -0.2) is 9.37 Å². The molecule has 0 spiro atoms. The van der Waals surface area contributed by atoms with Gasteiger partial charge in [-0.15, -0.1) is 0 Å². The lowest BCUT2D eigenvalue weighted by Gasteiger charge is -2.33. The highest BCUT2D eigenvalue weighted by Crippen LogP contribution is 2.37. The number of fused-ring (bicyclic) bond motifs is 1. The van der Waals surface area contributed by atoms with Crippen LogP contribution < -0.4 is 10.6 Å². The number of carbonyl (C=O) groups excluding carboxylic acids is 1. The summed E-state index contributed by atoms with van der Waals surface area (Å²) in [4.78, 5) is 18.2. The molecule has 2 aromatic rings. The lowest BCUT2D eigenvalue weighted by atomic mass is 9.99. The van der Waals surface area contributed by atoms with Crippen molar-refractivity contribution in [2.75, 3.05) is 38.6 Å². The Morgan fingerprint density at radius 3 is 2.81 bits per heavy atom. The number of allylic oxidation sites excluding steroid dienone is 1. The second-order valence-electron chi connectivity index (χ2n) is 9.64. The number of nitrogens with one attached hydrogen (secondary N) is 2. The van der Waals surface area contributed by atoms with Crippen molar-refractivity contribution in [1.82, 2.24) is 15.2 Å². The highest BCUT2D eigenvalue weighted by molar-refractivity contribution is 6.00. The fourth-order valence-electron chi connectivity index (χ4n) is 4.73. The monoisotopic (exact) mass is 520 g/mol. The number of nitrogens with zero attached hydrogens (tertiary/aromatic N) is 2. The number of rotatable bonds is 8. The molecule has 200 valence electrons. The number of halogens is 4. The van der Waals surface area contributed by atoms with Crippen molar-refractivity contribution in [2.24, 2.45) is 0 Å². The summed E-state index contributed by atoms with van der Waals surface area (Å²) in [6, 6.07) is 6.12. The zero-order valence-corrected chi connectivity index (χ0v) is 20.8. The molecule has 2 aliphatic rings. The molecule has 2 aliphatic heterocycles. The van der Waals surface area contributed by atoms with Gasteiger partial charge in [0.15, 0.2) is 0 Å². The fourth-order valence-corrected chi connectivity index (χ4v) is 4.73. The Morgan fingerprint density at radius 2 is 2.11 bits per heavy atom. The number of likely N-dealkylation sites (tertiary alicyclic amines) is 1. The van der Waals surface area contributed by atoms with E-state index in [0.29, 0.717) is 30.6 Å². The smallest absolute Gasteiger partial charge is 0.379 e. The molecule has 2 N–H and O–H groups in total. The quantitative estimate of drug-likeness (QED) is 0.482. The van der Waals surface area contributed by atoms with Crippen molar-refractivity contribution in [1.29, 1.82) is 0 Å². The number of hydrogen-bond donors (Lipinski definition) is 2. The molecule has 4 rings (SSSR count). The summed E-state index contributed by atoms with van der Waals surface area (Å²) >= 11 is 0. The van der Waals surface area contributed by atoms with E-state index in [1.54, 1.807) is 36.4 Å². The Labute approximate surface area is 213 Å². The normalized spacial score (nSPS) is 23.0. The van der Waals surface area contributed by atoms with Crippen LogP contribution in [0.15, 0.2) is 36.9 Å². The Morgan fingerprint density at radius 1 is 1.30 bits per heavy atom. The van der Waals surface area contributed by atoms with Crippen molar-refractivity contribution in [3.63, 3.8) is 0 Å². The number of alkyl halides is 4. The maximum absolute atomic E-state index is 14.7. The van der Waals surface area contributed by atoms with Gasteiger partial charge >= 0.3 is 6.18 Å². The first-order valence-corrected chi connectivity index (χ1v) is 12.5. The van der Waals surface area contributed by atoms with Gasteiger partial charge in [-0.2, -0.15) is 13.2 Å². The standard InChI is InChI=1S/C27H32F4N4O2/c1-17(27(29,30)31)26-20-8-3-9-23(34-24-10-12-35(2)16-22(24)28)21(20)14-18(33-26)6-4-11-32-25(36)15-19-7-5-13-37-19/h3-4,6,8-9,14,19,22,24,34H,1,5,7,10-13,15-16H2,2H3,(H,32,36)/b6-4+/t19?,22-,24+/m0/s1. The van der Waals surface area contributed by atoms with E-state index in [-0.39, 0.29) is 48.3 Å². The zero-order valence-electron chi connectivity index (χ0n) is 20.8. The van der Waals surface area contributed by atoms with Crippen LogP contribution in [0.4, 0.5) is 23.2 Å². The summed E-state index contributed by atoms with van der Waals surface area (Å²) in [5.41, 5.74) is -0.531. The van der Waals surface area contributed by atoms with Crippen LogP contribution in [-0.4, -0.2) is 73.6 Å². The van der Waals surface area contributed by atoms with Crippen molar-refractivity contribution < 1.29 is 27.1 Å². The second kappa shape index (κ2) is 11.6. The SMILES string of the molecule is C=C(c1nc(/C=C/CNC(=O)CC2CCCO2)cc2c(N[C@@H]3CCN(C)C[C@@H]3F)cccc12)C(F)(F)F. The minimum atomic E-state index is -4.67. The topological polar surface area (TPSA) is 66.5 Å². The summed E-state index contributed by atoms with van der Waals surface area (Å²) in [5.74, 6) is -0.153. The summed E-state index contributed by atoms with van der Waals surface area (Å²) in [7, 11) is 1.85. The second-order valence-corrected chi connectivity index (χ2v) is 9.64. The first-order valence-electron chi connectivity index (χ1n) is 12.5. The number of ether oxygens (including phenoxy) is 1. The number of benzene rings is 1. The van der Waals surface area contributed by atoms with E-state index in [4.69, 9.17) is 4.74 Å². The molecular formula is C27H32F4N4O2. The highest BCUT2D eigenvalue weighted by atomic mass is 19.4. The Bertz CT molecular complexity index is 1160. The van der Waals surface area contributed by atoms with Crippen LogP contribution in [0.3, 0.4) is 0 Å². The molecule has 2 fully saturated rings. The summed E-state index contributed by atoms with van der Waals surface area (Å²) in [6.07, 6.45) is -0.0151. The Balaban J connectivity index is 1.58. The van der Waals surface area contributed by atoms with E-state index >= 15 is 0 Å². The van der Waals surface area contributed by atoms with Crippen molar-refractivity contribution >= 4 is 34.0 Å². The Kier molecular flexibility index (Phi) is 8.49. The van der Waals surface area contributed by atoms with E-state index in [1.165, 1.54) is 0 Å². The summed E-state index contributed by atoms with van der Waals surface area (Å²) < 4.78 is 61.1. The van der Waals surface area contributed by atoms with Gasteiger partial charge in [0.2, 0.25) is 5.91 Å². The number of hydrogen-bond acceptors (Lipinski definition) is 5. The van der Waals surface area contributed by atoms with Gasteiger partial charge in [-0.05, 0) is 44.5 Å².